The molecule has 16 heavy (non-hydrogen) atoms. The quantitative estimate of drug-likeness (QED) is 0.646. The van der Waals surface area contributed by atoms with Gasteiger partial charge in [0, 0.05) is 16.6 Å². The zero-order chi connectivity index (χ0) is 13.2. The van der Waals surface area contributed by atoms with Crippen molar-refractivity contribution in [3.63, 3.8) is 0 Å². The summed E-state index contributed by atoms with van der Waals surface area (Å²) in [4.78, 5) is 0. The minimum Gasteiger partial charge on any atom is -0.323 e. The Morgan fingerprint density at radius 1 is 0.500 bits per heavy atom. The maximum atomic E-state index is 3.55. The van der Waals surface area contributed by atoms with Gasteiger partial charge in [0.15, 0.2) is 0 Å². The number of nitrogens with one attached hydrogen (secondary N) is 3. The Balaban J connectivity index is 4.53. The third-order valence-electron chi connectivity index (χ3n) is 1.73. The Hall–Kier alpha value is -0.0551. The molecule has 0 rings (SSSR count). The van der Waals surface area contributed by atoms with Crippen LogP contribution in [0.1, 0.15) is 62.3 Å². The van der Waals surface area contributed by atoms with E-state index < -0.39 is 0 Å². The van der Waals surface area contributed by atoms with Crippen molar-refractivity contribution in [2.24, 2.45) is 0 Å². The summed E-state index contributed by atoms with van der Waals surface area (Å²) < 4.78 is 0. The van der Waals surface area contributed by atoms with Gasteiger partial charge in [0.25, 0.3) is 0 Å². The summed E-state index contributed by atoms with van der Waals surface area (Å²) in [5.74, 6) is 0. The van der Waals surface area contributed by atoms with Crippen LogP contribution in [0.2, 0.25) is 0 Å². The molecule has 0 bridgehead atoms. The zero-order valence-corrected chi connectivity index (χ0v) is 12.6. The fourth-order valence-electron chi connectivity index (χ4n) is 1.41. The molecule has 0 amide bonds. The predicted molar refractivity (Wildman–Crippen MR) is 74.4 cm³/mol. The molecule has 0 unspecified atom stereocenters. The van der Waals surface area contributed by atoms with Gasteiger partial charge in [0.05, 0.1) is 0 Å². The van der Waals surface area contributed by atoms with Gasteiger partial charge in [-0.15, -0.1) is 0 Å². The highest BCUT2D eigenvalue weighted by molar-refractivity contribution is 6.51. The average molecular weight is 227 g/mol. The standard InChI is InChI=1S/C12H30BN3/c1-10(2,3)14-13(15-11(4,5)6)16-12(7,8)9/h14-16H,1-9H3. The molecule has 0 spiro atoms. The summed E-state index contributed by atoms with van der Waals surface area (Å²) in [6, 6.07) is 0. The molecule has 3 N–H and O–H groups in total. The van der Waals surface area contributed by atoms with Gasteiger partial charge >= 0.3 is 7.12 Å². The lowest BCUT2D eigenvalue weighted by molar-refractivity contribution is 0.435. The van der Waals surface area contributed by atoms with Gasteiger partial charge in [-0.25, -0.2) is 0 Å². The largest absolute Gasteiger partial charge is 0.396 e. The predicted octanol–water partition coefficient (Wildman–Crippen LogP) is 2.14. The lowest BCUT2D eigenvalue weighted by Gasteiger charge is -2.35. The van der Waals surface area contributed by atoms with E-state index in [9.17, 15) is 0 Å². The van der Waals surface area contributed by atoms with Gasteiger partial charge in [0.2, 0.25) is 0 Å². The molecule has 0 radical (unpaired) electrons. The first-order chi connectivity index (χ1) is 6.79. The van der Waals surface area contributed by atoms with Crippen molar-refractivity contribution in [2.75, 3.05) is 0 Å². The van der Waals surface area contributed by atoms with Crippen LogP contribution in [-0.4, -0.2) is 23.7 Å². The summed E-state index contributed by atoms with van der Waals surface area (Å²) in [5.41, 5.74) is 0.253. The summed E-state index contributed by atoms with van der Waals surface area (Å²) in [6.45, 7) is 19.6. The monoisotopic (exact) mass is 227 g/mol. The third-order valence-corrected chi connectivity index (χ3v) is 1.73. The van der Waals surface area contributed by atoms with E-state index in [1.807, 2.05) is 0 Å². The Bertz CT molecular complexity index is 170. The summed E-state index contributed by atoms with van der Waals surface area (Å²) in [6.07, 6.45) is 0. The van der Waals surface area contributed by atoms with Crippen molar-refractivity contribution >= 4 is 7.12 Å². The number of hydrogen-bond donors (Lipinski definition) is 3. The molecule has 0 aliphatic rings. The van der Waals surface area contributed by atoms with E-state index in [4.69, 9.17) is 0 Å². The Kier molecular flexibility index (Phi) is 5.05. The first kappa shape index (κ1) is 15.9. The second-order valence-corrected chi connectivity index (χ2v) is 7.62. The van der Waals surface area contributed by atoms with Crippen LogP contribution in [0.25, 0.3) is 0 Å². The third kappa shape index (κ3) is 10.5. The molecular formula is C12H30BN3. The molecule has 0 saturated heterocycles. The smallest absolute Gasteiger partial charge is 0.323 e. The minimum absolute atomic E-state index is 0.0845. The highest BCUT2D eigenvalue weighted by Crippen LogP contribution is 2.05. The molecule has 0 atom stereocenters. The molecule has 0 fully saturated rings. The van der Waals surface area contributed by atoms with Gasteiger partial charge in [-0.1, -0.05) is 0 Å². The maximum absolute atomic E-state index is 3.55. The molecule has 0 saturated carbocycles. The SMILES string of the molecule is CC(C)(C)NB(NC(C)(C)C)NC(C)(C)C. The van der Waals surface area contributed by atoms with Crippen molar-refractivity contribution in [2.45, 2.75) is 78.9 Å². The van der Waals surface area contributed by atoms with Crippen LogP contribution in [-0.2, 0) is 0 Å². The van der Waals surface area contributed by atoms with Crippen molar-refractivity contribution in [1.82, 2.24) is 15.7 Å². The lowest BCUT2D eigenvalue weighted by Crippen LogP contribution is -2.70. The normalized spacial score (nSPS) is 14.1. The van der Waals surface area contributed by atoms with Crippen LogP contribution < -0.4 is 15.7 Å². The average Bonchev–Trinajstić information content (AvgIpc) is 1.70. The first-order valence-corrected chi connectivity index (χ1v) is 6.12. The van der Waals surface area contributed by atoms with Crippen molar-refractivity contribution in [3.05, 3.63) is 0 Å². The zero-order valence-electron chi connectivity index (χ0n) is 12.6. The molecule has 4 heteroatoms. The number of hydrogen-bond acceptors (Lipinski definition) is 3. The van der Waals surface area contributed by atoms with Crippen molar-refractivity contribution in [3.8, 4) is 0 Å². The fraction of sp³-hybridized carbons (Fsp3) is 1.00. The lowest BCUT2D eigenvalue weighted by atomic mass is 9.81. The molecule has 96 valence electrons. The second-order valence-electron chi connectivity index (χ2n) is 7.62. The van der Waals surface area contributed by atoms with Crippen LogP contribution in [0.5, 0.6) is 0 Å². The van der Waals surface area contributed by atoms with E-state index >= 15 is 0 Å². The molecule has 0 aromatic carbocycles. The summed E-state index contributed by atoms with van der Waals surface area (Å²) in [7, 11) is 0.111. The highest BCUT2D eigenvalue weighted by atomic mass is 15.2. The molecule has 0 aliphatic carbocycles. The van der Waals surface area contributed by atoms with Crippen LogP contribution in [0.4, 0.5) is 0 Å². The Morgan fingerprint density at radius 2 is 0.688 bits per heavy atom. The van der Waals surface area contributed by atoms with E-state index in [1.165, 1.54) is 0 Å². The second kappa shape index (κ2) is 5.07. The van der Waals surface area contributed by atoms with E-state index in [0.29, 0.717) is 0 Å². The number of rotatable bonds is 3. The highest BCUT2D eigenvalue weighted by Gasteiger charge is 2.29. The summed E-state index contributed by atoms with van der Waals surface area (Å²) >= 11 is 0. The van der Waals surface area contributed by atoms with Gasteiger partial charge < -0.3 is 15.7 Å². The van der Waals surface area contributed by atoms with Crippen LogP contribution in [0.15, 0.2) is 0 Å². The van der Waals surface area contributed by atoms with E-state index in [-0.39, 0.29) is 23.7 Å². The molecule has 0 heterocycles. The van der Waals surface area contributed by atoms with Crippen molar-refractivity contribution < 1.29 is 0 Å². The van der Waals surface area contributed by atoms with Gasteiger partial charge in [0.1, 0.15) is 0 Å². The molecule has 0 aromatic rings. The summed E-state index contributed by atoms with van der Waals surface area (Å²) in [5, 5.41) is 10.6. The molecular weight excluding hydrogens is 197 g/mol. The fourth-order valence-corrected chi connectivity index (χ4v) is 1.41. The molecule has 0 aromatic heterocycles. The Labute approximate surface area is 102 Å². The van der Waals surface area contributed by atoms with Gasteiger partial charge in [-0.2, -0.15) is 0 Å². The first-order valence-electron chi connectivity index (χ1n) is 6.12. The van der Waals surface area contributed by atoms with Crippen LogP contribution in [0, 0.1) is 0 Å². The van der Waals surface area contributed by atoms with Crippen LogP contribution in [0.3, 0.4) is 0 Å². The van der Waals surface area contributed by atoms with Gasteiger partial charge in [-0.3, -0.25) is 0 Å². The van der Waals surface area contributed by atoms with E-state index in [1.54, 1.807) is 0 Å². The maximum Gasteiger partial charge on any atom is 0.396 e. The van der Waals surface area contributed by atoms with Gasteiger partial charge in [-0.05, 0) is 62.3 Å². The van der Waals surface area contributed by atoms with Crippen molar-refractivity contribution in [1.29, 1.82) is 0 Å². The molecule has 3 nitrogen and oxygen atoms in total. The minimum atomic E-state index is 0.0845. The Morgan fingerprint density at radius 3 is 0.812 bits per heavy atom. The van der Waals surface area contributed by atoms with E-state index in [0.717, 1.165) is 0 Å². The van der Waals surface area contributed by atoms with Crippen LogP contribution >= 0.6 is 0 Å². The van der Waals surface area contributed by atoms with E-state index in [2.05, 4.69) is 78.0 Å². The topological polar surface area (TPSA) is 36.1 Å². The molecule has 0 aliphatic heterocycles.